The van der Waals surface area contributed by atoms with Gasteiger partial charge in [0.25, 0.3) is 0 Å². The van der Waals surface area contributed by atoms with Crippen LogP contribution >= 0.6 is 0 Å². The van der Waals surface area contributed by atoms with E-state index in [0.29, 0.717) is 17.8 Å². The van der Waals surface area contributed by atoms with Gasteiger partial charge >= 0.3 is 0 Å². The van der Waals surface area contributed by atoms with Crippen molar-refractivity contribution >= 4 is 0 Å². The van der Waals surface area contributed by atoms with Crippen molar-refractivity contribution in [2.45, 2.75) is 44.1 Å². The van der Waals surface area contributed by atoms with Gasteiger partial charge in [-0.2, -0.15) is 4.98 Å². The maximum atomic E-state index is 9.81. The fourth-order valence-corrected chi connectivity index (χ4v) is 4.12. The number of aliphatic hydroxyl groups is 1. The Bertz CT molecular complexity index is 654. The smallest absolute Gasteiger partial charge is 0.231 e. The van der Waals surface area contributed by atoms with Gasteiger partial charge in [0.15, 0.2) is 0 Å². The lowest BCUT2D eigenvalue weighted by Crippen LogP contribution is -2.35. The molecule has 1 aliphatic carbocycles. The molecule has 1 saturated carbocycles. The van der Waals surface area contributed by atoms with Crippen molar-refractivity contribution in [3.8, 4) is 11.4 Å². The van der Waals surface area contributed by atoms with E-state index in [4.69, 9.17) is 4.52 Å². The van der Waals surface area contributed by atoms with Crippen molar-refractivity contribution in [2.75, 3.05) is 19.7 Å². The summed E-state index contributed by atoms with van der Waals surface area (Å²) in [6.07, 6.45) is 10.00. The molecule has 2 fully saturated rings. The van der Waals surface area contributed by atoms with Crippen LogP contribution in [0.15, 0.2) is 29.0 Å². The molecule has 2 aromatic rings. The highest BCUT2D eigenvalue weighted by Crippen LogP contribution is 2.36. The van der Waals surface area contributed by atoms with Gasteiger partial charge in [-0.05, 0) is 25.0 Å². The number of nitrogens with zero attached hydrogens (tertiary/aromatic N) is 4. The quantitative estimate of drug-likeness (QED) is 0.929. The third-order valence-electron chi connectivity index (χ3n) is 5.49. The first kappa shape index (κ1) is 15.7. The largest absolute Gasteiger partial charge is 0.396 e. The summed E-state index contributed by atoms with van der Waals surface area (Å²) in [6.45, 7) is 2.01. The lowest BCUT2D eigenvalue weighted by molar-refractivity contribution is 0.169. The van der Waals surface area contributed by atoms with Gasteiger partial charge in [0, 0.05) is 49.6 Å². The van der Waals surface area contributed by atoms with E-state index in [1.807, 2.05) is 12.1 Å². The van der Waals surface area contributed by atoms with Crippen LogP contribution in [0, 0.1) is 5.92 Å². The molecular formula is C18H24N4O2. The second-order valence-corrected chi connectivity index (χ2v) is 6.99. The molecule has 3 heterocycles. The fraction of sp³-hybridized carbons (Fsp3) is 0.611. The molecule has 2 aliphatic rings. The van der Waals surface area contributed by atoms with Crippen molar-refractivity contribution in [1.82, 2.24) is 20.0 Å². The Balaban J connectivity index is 1.51. The molecule has 4 rings (SSSR count). The van der Waals surface area contributed by atoms with Crippen molar-refractivity contribution in [3.63, 3.8) is 0 Å². The summed E-state index contributed by atoms with van der Waals surface area (Å²) in [6, 6.07) is 4.41. The Hall–Kier alpha value is -1.79. The van der Waals surface area contributed by atoms with E-state index in [9.17, 15) is 5.11 Å². The Morgan fingerprint density at radius 2 is 1.92 bits per heavy atom. The molecule has 128 valence electrons. The highest BCUT2D eigenvalue weighted by Gasteiger charge is 2.39. The maximum Gasteiger partial charge on any atom is 0.231 e. The first-order valence-corrected chi connectivity index (χ1v) is 8.94. The van der Waals surface area contributed by atoms with Crippen LogP contribution in [-0.4, -0.2) is 50.9 Å². The Kier molecular flexibility index (Phi) is 4.58. The molecule has 2 atom stereocenters. The maximum absolute atomic E-state index is 9.81. The van der Waals surface area contributed by atoms with Gasteiger partial charge in [0.2, 0.25) is 11.7 Å². The topological polar surface area (TPSA) is 75.3 Å². The second kappa shape index (κ2) is 6.99. The van der Waals surface area contributed by atoms with Crippen LogP contribution in [0.5, 0.6) is 0 Å². The highest BCUT2D eigenvalue weighted by molar-refractivity contribution is 5.52. The van der Waals surface area contributed by atoms with Gasteiger partial charge in [-0.3, -0.25) is 9.88 Å². The molecule has 6 heteroatoms. The Labute approximate surface area is 141 Å². The summed E-state index contributed by atoms with van der Waals surface area (Å²) in [5.41, 5.74) is 0.905. The van der Waals surface area contributed by atoms with E-state index < -0.39 is 0 Å². The number of pyridine rings is 1. The first-order chi connectivity index (χ1) is 11.8. The zero-order valence-electron chi connectivity index (χ0n) is 13.8. The van der Waals surface area contributed by atoms with Gasteiger partial charge < -0.3 is 9.63 Å². The van der Waals surface area contributed by atoms with Crippen molar-refractivity contribution in [1.29, 1.82) is 0 Å². The van der Waals surface area contributed by atoms with E-state index in [2.05, 4.69) is 20.0 Å². The fourth-order valence-electron chi connectivity index (χ4n) is 4.12. The molecular weight excluding hydrogens is 304 g/mol. The zero-order chi connectivity index (χ0) is 16.4. The third-order valence-corrected chi connectivity index (χ3v) is 5.49. The average molecular weight is 328 g/mol. The standard InChI is InChI=1S/C18H24N4O2/c23-12-14-10-22(15-4-2-1-3-5-15)11-16(14)18-20-17(21-24-18)13-6-8-19-9-7-13/h6-9,14-16,23H,1-5,10-12H2/t14-,16+/m0/s1. The first-order valence-electron chi connectivity index (χ1n) is 8.94. The predicted octanol–water partition coefficient (Wildman–Crippen LogP) is 2.47. The number of aliphatic hydroxyl groups excluding tert-OH is 1. The van der Waals surface area contributed by atoms with Crippen LogP contribution in [0.3, 0.4) is 0 Å². The van der Waals surface area contributed by atoms with E-state index in [0.717, 1.165) is 18.7 Å². The molecule has 24 heavy (non-hydrogen) atoms. The van der Waals surface area contributed by atoms with Crippen molar-refractivity contribution in [3.05, 3.63) is 30.4 Å². The van der Waals surface area contributed by atoms with Crippen LogP contribution in [0.1, 0.15) is 43.9 Å². The third kappa shape index (κ3) is 3.08. The highest BCUT2D eigenvalue weighted by atomic mass is 16.5. The van der Waals surface area contributed by atoms with Gasteiger partial charge in [-0.25, -0.2) is 0 Å². The normalized spacial score (nSPS) is 26.0. The van der Waals surface area contributed by atoms with E-state index in [1.165, 1.54) is 32.1 Å². The minimum absolute atomic E-state index is 0.125. The number of hydrogen-bond acceptors (Lipinski definition) is 6. The molecule has 1 aliphatic heterocycles. The van der Waals surface area contributed by atoms with Gasteiger partial charge in [0.1, 0.15) is 0 Å². The number of rotatable bonds is 4. The van der Waals surface area contributed by atoms with E-state index >= 15 is 0 Å². The van der Waals surface area contributed by atoms with Crippen molar-refractivity contribution < 1.29 is 9.63 Å². The van der Waals surface area contributed by atoms with Gasteiger partial charge in [0.05, 0.1) is 5.92 Å². The van der Waals surface area contributed by atoms with Crippen molar-refractivity contribution in [2.24, 2.45) is 5.92 Å². The molecule has 0 spiro atoms. The molecule has 0 amide bonds. The Morgan fingerprint density at radius 3 is 2.67 bits per heavy atom. The van der Waals surface area contributed by atoms with E-state index in [-0.39, 0.29) is 18.4 Å². The molecule has 0 unspecified atom stereocenters. The number of hydrogen-bond donors (Lipinski definition) is 1. The van der Waals surface area contributed by atoms with Crippen LogP contribution < -0.4 is 0 Å². The van der Waals surface area contributed by atoms with Crippen LogP contribution in [0.25, 0.3) is 11.4 Å². The minimum atomic E-state index is 0.125. The number of likely N-dealkylation sites (tertiary alicyclic amines) is 1. The molecule has 1 saturated heterocycles. The lowest BCUT2D eigenvalue weighted by atomic mass is 9.94. The summed E-state index contributed by atoms with van der Waals surface area (Å²) in [4.78, 5) is 11.1. The SMILES string of the molecule is OC[C@@H]1CN(C2CCCCC2)C[C@H]1c1nc(-c2ccncc2)no1. The Morgan fingerprint density at radius 1 is 1.12 bits per heavy atom. The lowest BCUT2D eigenvalue weighted by Gasteiger charge is -2.31. The second-order valence-electron chi connectivity index (χ2n) is 6.99. The summed E-state index contributed by atoms with van der Waals surface area (Å²) < 4.78 is 5.55. The van der Waals surface area contributed by atoms with E-state index in [1.54, 1.807) is 12.4 Å². The summed E-state index contributed by atoms with van der Waals surface area (Å²) in [7, 11) is 0. The summed E-state index contributed by atoms with van der Waals surface area (Å²) in [5, 5.41) is 13.9. The number of aromatic nitrogens is 3. The molecule has 0 bridgehead atoms. The average Bonchev–Trinajstić information content (AvgIpc) is 3.30. The van der Waals surface area contributed by atoms with Crippen LogP contribution in [0.2, 0.25) is 0 Å². The zero-order valence-corrected chi connectivity index (χ0v) is 13.8. The molecule has 0 aromatic carbocycles. The molecule has 1 N–H and O–H groups in total. The monoisotopic (exact) mass is 328 g/mol. The molecule has 0 radical (unpaired) electrons. The molecule has 2 aromatic heterocycles. The molecule has 6 nitrogen and oxygen atoms in total. The predicted molar refractivity (Wildman–Crippen MR) is 89.3 cm³/mol. The van der Waals surface area contributed by atoms with Crippen LogP contribution in [-0.2, 0) is 0 Å². The summed E-state index contributed by atoms with van der Waals surface area (Å²) in [5.74, 6) is 1.55. The van der Waals surface area contributed by atoms with Crippen LogP contribution in [0.4, 0.5) is 0 Å². The minimum Gasteiger partial charge on any atom is -0.396 e. The summed E-state index contributed by atoms with van der Waals surface area (Å²) >= 11 is 0. The van der Waals surface area contributed by atoms with Gasteiger partial charge in [-0.1, -0.05) is 24.4 Å². The van der Waals surface area contributed by atoms with Gasteiger partial charge in [-0.15, -0.1) is 0 Å².